The van der Waals surface area contributed by atoms with E-state index in [0.29, 0.717) is 18.7 Å². The van der Waals surface area contributed by atoms with Crippen molar-refractivity contribution >= 4 is 5.97 Å². The lowest BCUT2D eigenvalue weighted by Crippen LogP contribution is -2.45. The topological polar surface area (TPSA) is 64.3 Å². The minimum atomic E-state index is -0.719. The number of piperidine rings is 1. The van der Waals surface area contributed by atoms with E-state index in [-0.39, 0.29) is 0 Å². The van der Waals surface area contributed by atoms with Crippen molar-refractivity contribution in [2.75, 3.05) is 13.1 Å². The summed E-state index contributed by atoms with van der Waals surface area (Å²) in [4.78, 5) is 13.5. The van der Waals surface area contributed by atoms with Gasteiger partial charge in [-0.2, -0.15) is 5.26 Å². The lowest BCUT2D eigenvalue weighted by atomic mass is 9.82. The first-order chi connectivity index (χ1) is 9.03. The number of aliphatic carboxylic acids is 1. The fourth-order valence-corrected chi connectivity index (χ4v) is 2.65. The van der Waals surface area contributed by atoms with Crippen LogP contribution in [0.15, 0.2) is 24.3 Å². The lowest BCUT2D eigenvalue weighted by Gasteiger charge is -2.37. The molecular formula is C15H18N2O2. The average Bonchev–Trinajstić information content (AvgIpc) is 2.39. The maximum atomic E-state index is 11.3. The van der Waals surface area contributed by atoms with Gasteiger partial charge in [0.1, 0.15) is 0 Å². The average molecular weight is 258 g/mol. The van der Waals surface area contributed by atoms with Crippen LogP contribution in [0.4, 0.5) is 0 Å². The SMILES string of the molecule is CC1(C(=O)O)CCCN(Cc2cccc(C#N)c2)C1. The number of carbonyl (C=O) groups is 1. The Kier molecular flexibility index (Phi) is 3.87. The molecular weight excluding hydrogens is 240 g/mol. The van der Waals surface area contributed by atoms with Crippen molar-refractivity contribution in [2.45, 2.75) is 26.3 Å². The monoisotopic (exact) mass is 258 g/mol. The third-order valence-corrected chi connectivity index (χ3v) is 3.75. The molecule has 1 aliphatic heterocycles. The maximum Gasteiger partial charge on any atom is 0.310 e. The highest BCUT2D eigenvalue weighted by Crippen LogP contribution is 2.30. The van der Waals surface area contributed by atoms with Crippen molar-refractivity contribution in [3.63, 3.8) is 0 Å². The molecule has 1 saturated heterocycles. The summed E-state index contributed by atoms with van der Waals surface area (Å²) in [6.07, 6.45) is 1.64. The molecule has 1 aliphatic rings. The number of benzene rings is 1. The Morgan fingerprint density at radius 2 is 2.37 bits per heavy atom. The van der Waals surface area contributed by atoms with Crippen LogP contribution in [0.3, 0.4) is 0 Å². The zero-order valence-electron chi connectivity index (χ0n) is 11.1. The summed E-state index contributed by atoms with van der Waals surface area (Å²) in [5.74, 6) is -0.719. The zero-order valence-corrected chi connectivity index (χ0v) is 11.1. The molecule has 0 aromatic heterocycles. The molecule has 1 unspecified atom stereocenters. The second-order valence-corrected chi connectivity index (χ2v) is 5.49. The molecule has 1 heterocycles. The highest BCUT2D eigenvalue weighted by Gasteiger charge is 2.37. The van der Waals surface area contributed by atoms with Gasteiger partial charge in [-0.15, -0.1) is 0 Å². The summed E-state index contributed by atoms with van der Waals surface area (Å²) in [6, 6.07) is 9.62. The van der Waals surface area contributed by atoms with Gasteiger partial charge in [-0.1, -0.05) is 12.1 Å². The van der Waals surface area contributed by atoms with Crippen molar-refractivity contribution in [2.24, 2.45) is 5.41 Å². The van der Waals surface area contributed by atoms with Crippen molar-refractivity contribution in [3.05, 3.63) is 35.4 Å². The van der Waals surface area contributed by atoms with Crippen LogP contribution in [0.25, 0.3) is 0 Å². The number of rotatable bonds is 3. The van der Waals surface area contributed by atoms with Crippen molar-refractivity contribution in [3.8, 4) is 6.07 Å². The quantitative estimate of drug-likeness (QED) is 0.903. The standard InChI is InChI=1S/C15H18N2O2/c1-15(14(18)19)6-3-7-17(11-15)10-13-5-2-4-12(8-13)9-16/h2,4-5,8H,3,6-7,10-11H2,1H3,(H,18,19). The summed E-state index contributed by atoms with van der Waals surface area (Å²) in [5.41, 5.74) is 1.06. The molecule has 0 radical (unpaired) electrons. The van der Waals surface area contributed by atoms with Gasteiger partial charge < -0.3 is 5.11 Å². The largest absolute Gasteiger partial charge is 0.481 e. The van der Waals surface area contributed by atoms with E-state index in [2.05, 4.69) is 11.0 Å². The summed E-state index contributed by atoms with van der Waals surface area (Å²) in [6.45, 7) is 4.00. The molecule has 19 heavy (non-hydrogen) atoms. The molecule has 0 bridgehead atoms. The first-order valence-electron chi connectivity index (χ1n) is 6.48. The molecule has 4 heteroatoms. The Hall–Kier alpha value is -1.86. The molecule has 0 amide bonds. The minimum Gasteiger partial charge on any atom is -0.481 e. The molecule has 2 rings (SSSR count). The van der Waals surface area contributed by atoms with Gasteiger partial charge in [0, 0.05) is 13.1 Å². The van der Waals surface area contributed by atoms with Gasteiger partial charge in [0.15, 0.2) is 0 Å². The third-order valence-electron chi connectivity index (χ3n) is 3.75. The first-order valence-corrected chi connectivity index (χ1v) is 6.48. The summed E-state index contributed by atoms with van der Waals surface area (Å²) in [5, 5.41) is 18.2. The van der Waals surface area contributed by atoms with E-state index in [1.54, 1.807) is 6.07 Å². The van der Waals surface area contributed by atoms with Gasteiger partial charge in [0.05, 0.1) is 17.0 Å². The number of hydrogen-bond donors (Lipinski definition) is 1. The van der Waals surface area contributed by atoms with Gasteiger partial charge >= 0.3 is 5.97 Å². The second kappa shape index (κ2) is 5.41. The van der Waals surface area contributed by atoms with Crippen LogP contribution in [0, 0.1) is 16.7 Å². The smallest absolute Gasteiger partial charge is 0.310 e. The minimum absolute atomic E-state index is 0.569. The normalized spacial score (nSPS) is 23.8. The summed E-state index contributed by atoms with van der Waals surface area (Å²) in [7, 11) is 0. The highest BCUT2D eigenvalue weighted by atomic mass is 16.4. The van der Waals surface area contributed by atoms with Crippen LogP contribution < -0.4 is 0 Å². The number of likely N-dealkylation sites (tertiary alicyclic amines) is 1. The number of carboxylic acid groups (broad SMARTS) is 1. The van der Waals surface area contributed by atoms with Crippen LogP contribution in [0.1, 0.15) is 30.9 Å². The summed E-state index contributed by atoms with van der Waals surface area (Å²) >= 11 is 0. The van der Waals surface area contributed by atoms with E-state index in [0.717, 1.165) is 24.9 Å². The van der Waals surface area contributed by atoms with Crippen LogP contribution >= 0.6 is 0 Å². The molecule has 1 fully saturated rings. The number of carboxylic acids is 1. The molecule has 1 N–H and O–H groups in total. The number of hydrogen-bond acceptors (Lipinski definition) is 3. The third kappa shape index (κ3) is 3.12. The molecule has 0 spiro atoms. The highest BCUT2D eigenvalue weighted by molar-refractivity contribution is 5.74. The van der Waals surface area contributed by atoms with Gasteiger partial charge in [-0.25, -0.2) is 0 Å². The first kappa shape index (κ1) is 13.6. The van der Waals surface area contributed by atoms with Crippen molar-refractivity contribution in [1.29, 1.82) is 5.26 Å². The molecule has 0 aliphatic carbocycles. The van der Waals surface area contributed by atoms with E-state index in [1.165, 1.54) is 0 Å². The van der Waals surface area contributed by atoms with Gasteiger partial charge in [-0.3, -0.25) is 9.69 Å². The Morgan fingerprint density at radius 1 is 1.58 bits per heavy atom. The Morgan fingerprint density at radius 3 is 3.05 bits per heavy atom. The van der Waals surface area contributed by atoms with E-state index >= 15 is 0 Å². The Balaban J connectivity index is 2.07. The fraction of sp³-hybridized carbons (Fsp3) is 0.467. The fourth-order valence-electron chi connectivity index (χ4n) is 2.65. The van der Waals surface area contributed by atoms with Crippen LogP contribution in [-0.2, 0) is 11.3 Å². The molecule has 1 aromatic carbocycles. The maximum absolute atomic E-state index is 11.3. The van der Waals surface area contributed by atoms with Crippen molar-refractivity contribution in [1.82, 2.24) is 4.90 Å². The van der Waals surface area contributed by atoms with Gasteiger partial charge in [0.2, 0.25) is 0 Å². The molecule has 1 atom stereocenters. The number of nitrogens with zero attached hydrogens (tertiary/aromatic N) is 2. The molecule has 100 valence electrons. The van der Waals surface area contributed by atoms with E-state index in [1.807, 2.05) is 25.1 Å². The Bertz CT molecular complexity index is 521. The predicted molar refractivity (Wildman–Crippen MR) is 71.4 cm³/mol. The Labute approximate surface area is 113 Å². The van der Waals surface area contributed by atoms with Crippen LogP contribution in [0.2, 0.25) is 0 Å². The summed E-state index contributed by atoms with van der Waals surface area (Å²) < 4.78 is 0. The van der Waals surface area contributed by atoms with E-state index < -0.39 is 11.4 Å². The zero-order chi connectivity index (χ0) is 13.9. The van der Waals surface area contributed by atoms with Crippen molar-refractivity contribution < 1.29 is 9.90 Å². The predicted octanol–water partition coefficient (Wildman–Crippen LogP) is 2.24. The lowest BCUT2D eigenvalue weighted by molar-refractivity contribution is -0.151. The van der Waals surface area contributed by atoms with E-state index in [9.17, 15) is 9.90 Å². The van der Waals surface area contributed by atoms with Crippen LogP contribution in [0.5, 0.6) is 0 Å². The second-order valence-electron chi connectivity index (χ2n) is 5.49. The molecule has 1 aromatic rings. The van der Waals surface area contributed by atoms with Crippen LogP contribution in [-0.4, -0.2) is 29.1 Å². The number of nitriles is 1. The molecule has 0 saturated carbocycles. The van der Waals surface area contributed by atoms with E-state index in [4.69, 9.17) is 5.26 Å². The molecule has 4 nitrogen and oxygen atoms in total. The van der Waals surface area contributed by atoms with Gasteiger partial charge in [-0.05, 0) is 44.0 Å². The van der Waals surface area contributed by atoms with Gasteiger partial charge in [0.25, 0.3) is 0 Å².